The van der Waals surface area contributed by atoms with Gasteiger partial charge in [0.1, 0.15) is 6.29 Å². The molecule has 0 aromatic heterocycles. The van der Waals surface area contributed by atoms with Gasteiger partial charge < -0.3 is 10.2 Å². The van der Waals surface area contributed by atoms with Crippen LogP contribution in [-0.2, 0) is 16.0 Å². The van der Waals surface area contributed by atoms with Crippen molar-refractivity contribution in [3.8, 4) is 0 Å². The zero-order valence-corrected chi connectivity index (χ0v) is 15.6. The summed E-state index contributed by atoms with van der Waals surface area (Å²) in [6, 6.07) is 9.39. The summed E-state index contributed by atoms with van der Waals surface area (Å²) >= 11 is 0. The second-order valence-electron chi connectivity index (χ2n) is 7.93. The largest absolute Gasteiger partial charge is 0.342 e. The lowest BCUT2D eigenvalue weighted by Crippen LogP contribution is -2.67. The van der Waals surface area contributed by atoms with Gasteiger partial charge in [0.15, 0.2) is 6.17 Å². The quantitative estimate of drug-likeness (QED) is 0.816. The third-order valence-corrected chi connectivity index (χ3v) is 6.13. The first kappa shape index (κ1) is 18.4. The fraction of sp³-hybridized carbons (Fsp3) is 0.600. The molecule has 4 rings (SSSR count). The van der Waals surface area contributed by atoms with Crippen molar-refractivity contribution >= 4 is 11.8 Å². The van der Waals surface area contributed by atoms with Crippen LogP contribution in [0.3, 0.4) is 0 Å². The number of benzene rings is 1. The van der Waals surface area contributed by atoms with Gasteiger partial charge in [0.05, 0.1) is 12.5 Å². The third kappa shape index (κ3) is 3.71. The van der Waals surface area contributed by atoms with Crippen LogP contribution in [0.25, 0.3) is 0 Å². The van der Waals surface area contributed by atoms with Crippen molar-refractivity contribution in [1.29, 1.82) is 0 Å². The number of nitrogens with one attached hydrogen (secondary N) is 2. The fourth-order valence-electron chi connectivity index (χ4n) is 4.57. The van der Waals surface area contributed by atoms with E-state index in [1.165, 1.54) is 0 Å². The Morgan fingerprint density at radius 3 is 2.44 bits per heavy atom. The number of amides is 2. The molecule has 0 radical (unpaired) electrons. The van der Waals surface area contributed by atoms with E-state index >= 15 is 0 Å². The maximum absolute atomic E-state index is 13.9. The van der Waals surface area contributed by atoms with E-state index < -0.39 is 18.1 Å². The number of likely N-dealkylation sites (tertiary alicyclic amines) is 2. The Morgan fingerprint density at radius 1 is 1.15 bits per heavy atom. The van der Waals surface area contributed by atoms with Crippen molar-refractivity contribution in [3.63, 3.8) is 0 Å². The Balaban J connectivity index is 1.32. The summed E-state index contributed by atoms with van der Waals surface area (Å²) in [5, 5.41) is 5.97. The van der Waals surface area contributed by atoms with Crippen molar-refractivity contribution in [2.75, 3.05) is 26.2 Å². The van der Waals surface area contributed by atoms with Crippen LogP contribution in [0.5, 0.6) is 0 Å². The maximum atomic E-state index is 13.9. The minimum Gasteiger partial charge on any atom is -0.342 e. The SMILES string of the molecule is CCC1NC(N2CC3CN(C(=O)Cc4ccccc4)CC3C2)NC(=O)C1F. The highest BCUT2D eigenvalue weighted by molar-refractivity contribution is 5.82. The lowest BCUT2D eigenvalue weighted by atomic mass is 10.0. The van der Waals surface area contributed by atoms with E-state index in [0.717, 1.165) is 31.7 Å². The number of carbonyl (C=O) groups excluding carboxylic acids is 2. The zero-order valence-electron chi connectivity index (χ0n) is 15.6. The predicted molar refractivity (Wildman–Crippen MR) is 99.3 cm³/mol. The van der Waals surface area contributed by atoms with E-state index in [-0.39, 0.29) is 12.2 Å². The first-order valence-electron chi connectivity index (χ1n) is 9.81. The summed E-state index contributed by atoms with van der Waals surface area (Å²) in [7, 11) is 0. The fourth-order valence-corrected chi connectivity index (χ4v) is 4.57. The van der Waals surface area contributed by atoms with Crippen LogP contribution in [0.1, 0.15) is 18.9 Å². The lowest BCUT2D eigenvalue weighted by Gasteiger charge is -2.38. The van der Waals surface area contributed by atoms with E-state index in [9.17, 15) is 14.0 Å². The molecular formula is C20H27FN4O2. The van der Waals surface area contributed by atoms with E-state index in [0.29, 0.717) is 24.7 Å². The minimum absolute atomic E-state index is 0.178. The number of fused-ring (bicyclic) bond motifs is 1. The van der Waals surface area contributed by atoms with Gasteiger partial charge in [-0.3, -0.25) is 19.8 Å². The Kier molecular flexibility index (Phi) is 5.14. The average molecular weight is 374 g/mol. The molecule has 3 saturated heterocycles. The van der Waals surface area contributed by atoms with Crippen LogP contribution < -0.4 is 10.6 Å². The molecule has 0 spiro atoms. The molecule has 3 fully saturated rings. The number of alkyl halides is 1. The summed E-state index contributed by atoms with van der Waals surface area (Å²) in [5.41, 5.74) is 1.04. The molecule has 0 aliphatic carbocycles. The van der Waals surface area contributed by atoms with Crippen LogP contribution in [-0.4, -0.2) is 66.3 Å². The van der Waals surface area contributed by atoms with Crippen molar-refractivity contribution in [2.45, 2.75) is 38.3 Å². The molecule has 0 saturated carbocycles. The van der Waals surface area contributed by atoms with Crippen molar-refractivity contribution in [1.82, 2.24) is 20.4 Å². The highest BCUT2D eigenvalue weighted by atomic mass is 19.1. The van der Waals surface area contributed by atoms with Crippen LogP contribution in [0.4, 0.5) is 4.39 Å². The summed E-state index contributed by atoms with van der Waals surface area (Å²) in [6.45, 7) is 5.03. The number of rotatable bonds is 4. The van der Waals surface area contributed by atoms with E-state index in [4.69, 9.17) is 0 Å². The summed E-state index contributed by atoms with van der Waals surface area (Å²) < 4.78 is 13.9. The molecule has 1 aromatic carbocycles. The molecule has 3 heterocycles. The molecule has 1 aromatic rings. The summed E-state index contributed by atoms with van der Waals surface area (Å²) in [5.74, 6) is 0.470. The second kappa shape index (κ2) is 7.56. The standard InChI is InChI=1S/C20H27FN4O2/c1-2-16-18(21)19(27)23-20(22-16)25-11-14-9-24(10-15(14)12-25)17(26)8-13-6-4-3-5-7-13/h3-7,14-16,18,20,22H,2,8-12H2,1H3,(H,23,27). The molecule has 2 amide bonds. The number of hydrogen-bond acceptors (Lipinski definition) is 4. The van der Waals surface area contributed by atoms with Gasteiger partial charge in [0.25, 0.3) is 5.91 Å². The summed E-state index contributed by atoms with van der Waals surface area (Å²) in [4.78, 5) is 28.6. The Bertz CT molecular complexity index is 686. The average Bonchev–Trinajstić information content (AvgIpc) is 3.24. The zero-order chi connectivity index (χ0) is 19.0. The van der Waals surface area contributed by atoms with Crippen LogP contribution in [0.15, 0.2) is 30.3 Å². The van der Waals surface area contributed by atoms with Crippen LogP contribution >= 0.6 is 0 Å². The van der Waals surface area contributed by atoms with Gasteiger partial charge in [-0.2, -0.15) is 0 Å². The van der Waals surface area contributed by atoms with Gasteiger partial charge in [0, 0.05) is 26.2 Å². The number of nitrogens with zero attached hydrogens (tertiary/aromatic N) is 2. The van der Waals surface area contributed by atoms with Gasteiger partial charge in [-0.25, -0.2) is 4.39 Å². The van der Waals surface area contributed by atoms with Gasteiger partial charge in [0.2, 0.25) is 5.91 Å². The third-order valence-electron chi connectivity index (χ3n) is 6.13. The predicted octanol–water partition coefficient (Wildman–Crippen LogP) is 0.739. The molecule has 5 unspecified atom stereocenters. The molecule has 3 aliphatic rings. The van der Waals surface area contributed by atoms with Gasteiger partial charge in [-0.15, -0.1) is 0 Å². The highest BCUT2D eigenvalue weighted by Crippen LogP contribution is 2.32. The van der Waals surface area contributed by atoms with Crippen molar-refractivity contribution in [2.24, 2.45) is 11.8 Å². The van der Waals surface area contributed by atoms with Crippen molar-refractivity contribution in [3.05, 3.63) is 35.9 Å². The first-order chi connectivity index (χ1) is 13.0. The molecule has 3 aliphatic heterocycles. The molecule has 7 heteroatoms. The molecule has 27 heavy (non-hydrogen) atoms. The van der Waals surface area contributed by atoms with E-state index in [2.05, 4.69) is 15.5 Å². The molecule has 146 valence electrons. The summed E-state index contributed by atoms with van der Waals surface area (Å²) in [6.07, 6.45) is -0.776. The second-order valence-corrected chi connectivity index (χ2v) is 7.93. The van der Waals surface area contributed by atoms with Crippen LogP contribution in [0.2, 0.25) is 0 Å². The molecule has 6 nitrogen and oxygen atoms in total. The highest BCUT2D eigenvalue weighted by Gasteiger charge is 2.46. The topological polar surface area (TPSA) is 64.7 Å². The lowest BCUT2D eigenvalue weighted by molar-refractivity contribution is -0.133. The molecule has 5 atom stereocenters. The molecular weight excluding hydrogens is 347 g/mol. The number of halogens is 1. The van der Waals surface area contributed by atoms with Crippen molar-refractivity contribution < 1.29 is 14.0 Å². The Hall–Kier alpha value is -1.99. The van der Waals surface area contributed by atoms with Gasteiger partial charge >= 0.3 is 0 Å². The van der Waals surface area contributed by atoms with Gasteiger partial charge in [-0.05, 0) is 23.8 Å². The monoisotopic (exact) mass is 374 g/mol. The Morgan fingerprint density at radius 2 is 1.81 bits per heavy atom. The molecule has 0 bridgehead atoms. The minimum atomic E-state index is -1.49. The van der Waals surface area contributed by atoms with Gasteiger partial charge in [-0.1, -0.05) is 37.3 Å². The first-order valence-corrected chi connectivity index (χ1v) is 9.81. The van der Waals surface area contributed by atoms with E-state index in [1.807, 2.05) is 42.2 Å². The van der Waals surface area contributed by atoms with Crippen LogP contribution in [0, 0.1) is 11.8 Å². The number of carbonyl (C=O) groups is 2. The normalized spacial score (nSPS) is 33.8. The Labute approximate surface area is 159 Å². The number of hydrogen-bond donors (Lipinski definition) is 2. The van der Waals surface area contributed by atoms with E-state index in [1.54, 1.807) is 0 Å². The molecule has 2 N–H and O–H groups in total. The maximum Gasteiger partial charge on any atom is 0.258 e. The smallest absolute Gasteiger partial charge is 0.258 e.